The van der Waals surface area contributed by atoms with Crippen LogP contribution in [0.5, 0.6) is 0 Å². The van der Waals surface area contributed by atoms with E-state index in [0.29, 0.717) is 10.7 Å². The van der Waals surface area contributed by atoms with Gasteiger partial charge in [-0.2, -0.15) is 0 Å². The molecule has 0 aliphatic rings. The maximum atomic E-state index is 12.5. The van der Waals surface area contributed by atoms with Gasteiger partial charge in [-0.25, -0.2) is 12.7 Å². The number of amides is 1. The van der Waals surface area contributed by atoms with Gasteiger partial charge < -0.3 is 10.6 Å². The van der Waals surface area contributed by atoms with Gasteiger partial charge >= 0.3 is 0 Å². The summed E-state index contributed by atoms with van der Waals surface area (Å²) in [7, 11) is -0.628. The summed E-state index contributed by atoms with van der Waals surface area (Å²) in [5, 5.41) is 6.75. The van der Waals surface area contributed by atoms with Crippen LogP contribution < -0.4 is 10.6 Å². The molecule has 0 heterocycles. The fourth-order valence-electron chi connectivity index (χ4n) is 2.91. The monoisotopic (exact) mass is 437 g/mol. The lowest BCUT2D eigenvalue weighted by atomic mass is 9.96. The number of rotatable bonds is 8. The van der Waals surface area contributed by atoms with E-state index in [0.717, 1.165) is 15.4 Å². The number of nitrogens with one attached hydrogen (secondary N) is 2. The van der Waals surface area contributed by atoms with Crippen LogP contribution in [0.2, 0.25) is 5.02 Å². The molecule has 1 atom stereocenters. The number of nitrogens with zero attached hydrogens (tertiary/aromatic N) is 1. The third kappa shape index (κ3) is 6.02. The SMILES string of the molecule is Cc1ccc(S(=O)(=O)N(C)C)cc1NC(=O)CNC(c1ccc(Cl)cc1)C(C)C. The van der Waals surface area contributed by atoms with Crippen molar-refractivity contribution in [2.24, 2.45) is 5.92 Å². The van der Waals surface area contributed by atoms with Crippen molar-refractivity contribution in [3.8, 4) is 0 Å². The standard InChI is InChI=1S/C21H28ClN3O3S/c1-14(2)21(16-7-9-17(22)10-8-16)23-13-20(26)24-19-12-18(11-6-15(19)3)29(27,28)25(4)5/h6-12,14,21,23H,13H2,1-5H3,(H,24,26). The van der Waals surface area contributed by atoms with E-state index in [1.54, 1.807) is 6.07 Å². The van der Waals surface area contributed by atoms with Crippen molar-refractivity contribution in [3.05, 3.63) is 58.6 Å². The molecule has 6 nitrogen and oxygen atoms in total. The molecule has 0 aliphatic carbocycles. The van der Waals surface area contributed by atoms with Crippen LogP contribution in [-0.4, -0.2) is 39.3 Å². The Balaban J connectivity index is 2.11. The molecule has 0 spiro atoms. The van der Waals surface area contributed by atoms with E-state index in [9.17, 15) is 13.2 Å². The second-order valence-corrected chi connectivity index (χ2v) is 10.1. The van der Waals surface area contributed by atoms with Crippen LogP contribution in [0.4, 0.5) is 5.69 Å². The molecule has 8 heteroatoms. The highest BCUT2D eigenvalue weighted by Gasteiger charge is 2.20. The highest BCUT2D eigenvalue weighted by Crippen LogP contribution is 2.24. The topological polar surface area (TPSA) is 78.5 Å². The summed E-state index contributed by atoms with van der Waals surface area (Å²) in [5.74, 6) is 0.0198. The smallest absolute Gasteiger partial charge is 0.242 e. The fraction of sp³-hybridized carbons (Fsp3) is 0.381. The predicted molar refractivity (Wildman–Crippen MR) is 118 cm³/mol. The van der Waals surface area contributed by atoms with E-state index in [1.807, 2.05) is 31.2 Å². The lowest BCUT2D eigenvalue weighted by Crippen LogP contribution is -2.33. The molecule has 0 aromatic heterocycles. The average molecular weight is 438 g/mol. The Morgan fingerprint density at radius 1 is 1.10 bits per heavy atom. The molecule has 0 fully saturated rings. The van der Waals surface area contributed by atoms with Crippen LogP contribution in [-0.2, 0) is 14.8 Å². The van der Waals surface area contributed by atoms with Crippen molar-refractivity contribution in [2.75, 3.05) is 26.0 Å². The van der Waals surface area contributed by atoms with Gasteiger partial charge in [0.2, 0.25) is 15.9 Å². The number of sulfonamides is 1. The van der Waals surface area contributed by atoms with Crippen LogP contribution in [0.15, 0.2) is 47.4 Å². The number of hydrogen-bond acceptors (Lipinski definition) is 4. The molecule has 29 heavy (non-hydrogen) atoms. The third-order valence-corrected chi connectivity index (χ3v) is 6.70. The molecule has 0 aliphatic heterocycles. The normalized spacial score (nSPS) is 13.0. The maximum Gasteiger partial charge on any atom is 0.242 e. The molecular weight excluding hydrogens is 410 g/mol. The molecule has 2 aromatic carbocycles. The van der Waals surface area contributed by atoms with Crippen LogP contribution >= 0.6 is 11.6 Å². The van der Waals surface area contributed by atoms with Gasteiger partial charge in [-0.3, -0.25) is 4.79 Å². The van der Waals surface area contributed by atoms with Crippen LogP contribution in [0.1, 0.15) is 31.0 Å². The lowest BCUT2D eigenvalue weighted by Gasteiger charge is -2.23. The Morgan fingerprint density at radius 2 is 1.72 bits per heavy atom. The number of carbonyl (C=O) groups is 1. The molecule has 2 aromatic rings. The van der Waals surface area contributed by atoms with Crippen molar-refractivity contribution in [1.29, 1.82) is 0 Å². The molecule has 0 saturated heterocycles. The minimum atomic E-state index is -3.57. The molecule has 0 saturated carbocycles. The summed E-state index contributed by atoms with van der Waals surface area (Å²) in [6.07, 6.45) is 0. The highest BCUT2D eigenvalue weighted by molar-refractivity contribution is 7.89. The van der Waals surface area contributed by atoms with E-state index < -0.39 is 10.0 Å². The minimum absolute atomic E-state index is 0.0143. The van der Waals surface area contributed by atoms with Gasteiger partial charge in [0.05, 0.1) is 11.4 Å². The molecule has 2 N–H and O–H groups in total. The number of halogens is 1. The van der Waals surface area contributed by atoms with Gasteiger partial charge in [0.15, 0.2) is 0 Å². The van der Waals surface area contributed by atoms with Crippen molar-refractivity contribution < 1.29 is 13.2 Å². The zero-order valence-electron chi connectivity index (χ0n) is 17.4. The quantitative estimate of drug-likeness (QED) is 0.657. The molecule has 0 radical (unpaired) electrons. The molecule has 158 valence electrons. The first-order valence-corrected chi connectivity index (χ1v) is 11.2. The number of carbonyl (C=O) groups excluding carboxylic acids is 1. The van der Waals surface area contributed by atoms with Gasteiger partial charge in [0.1, 0.15) is 0 Å². The second-order valence-electron chi connectivity index (χ2n) is 7.47. The highest BCUT2D eigenvalue weighted by atomic mass is 35.5. The van der Waals surface area contributed by atoms with Crippen molar-refractivity contribution >= 4 is 33.2 Å². The van der Waals surface area contributed by atoms with E-state index >= 15 is 0 Å². The molecule has 2 rings (SSSR count). The van der Waals surface area contributed by atoms with Crippen molar-refractivity contribution in [1.82, 2.24) is 9.62 Å². The predicted octanol–water partition coefficient (Wildman–Crippen LogP) is 3.82. The van der Waals surface area contributed by atoms with Crippen LogP contribution in [0.25, 0.3) is 0 Å². The van der Waals surface area contributed by atoms with E-state index in [4.69, 9.17) is 11.6 Å². The first-order chi connectivity index (χ1) is 13.5. The van der Waals surface area contributed by atoms with E-state index in [1.165, 1.54) is 26.2 Å². The number of anilines is 1. The summed E-state index contributed by atoms with van der Waals surface area (Å²) < 4.78 is 25.8. The first-order valence-electron chi connectivity index (χ1n) is 9.34. The van der Waals surface area contributed by atoms with Crippen LogP contribution in [0.3, 0.4) is 0 Å². The summed E-state index contributed by atoms with van der Waals surface area (Å²) in [5.41, 5.74) is 2.31. The van der Waals surface area contributed by atoms with Gasteiger partial charge in [-0.15, -0.1) is 0 Å². The zero-order valence-corrected chi connectivity index (χ0v) is 18.9. The summed E-state index contributed by atoms with van der Waals surface area (Å²) in [6, 6.07) is 12.2. The number of benzene rings is 2. The zero-order chi connectivity index (χ0) is 21.8. The Bertz CT molecular complexity index is 958. The van der Waals surface area contributed by atoms with Crippen molar-refractivity contribution in [2.45, 2.75) is 31.7 Å². The van der Waals surface area contributed by atoms with Gasteiger partial charge in [-0.1, -0.05) is 43.6 Å². The molecular formula is C21H28ClN3O3S. The summed E-state index contributed by atoms with van der Waals surface area (Å²) in [4.78, 5) is 12.7. The van der Waals surface area contributed by atoms with Crippen LogP contribution in [0, 0.1) is 12.8 Å². The third-order valence-electron chi connectivity index (χ3n) is 4.64. The number of hydrogen-bond donors (Lipinski definition) is 2. The van der Waals surface area contributed by atoms with E-state index in [-0.39, 0.29) is 29.3 Å². The van der Waals surface area contributed by atoms with Crippen molar-refractivity contribution in [3.63, 3.8) is 0 Å². The second kappa shape index (κ2) is 9.71. The fourth-order valence-corrected chi connectivity index (χ4v) is 3.97. The Morgan fingerprint density at radius 3 is 2.28 bits per heavy atom. The minimum Gasteiger partial charge on any atom is -0.325 e. The summed E-state index contributed by atoms with van der Waals surface area (Å²) in [6.45, 7) is 6.06. The Hall–Kier alpha value is -1.93. The summed E-state index contributed by atoms with van der Waals surface area (Å²) >= 11 is 5.96. The van der Waals surface area contributed by atoms with Gasteiger partial charge in [0.25, 0.3) is 0 Å². The number of aryl methyl sites for hydroxylation is 1. The maximum absolute atomic E-state index is 12.5. The molecule has 0 bridgehead atoms. The van der Waals surface area contributed by atoms with Gasteiger partial charge in [0, 0.05) is 30.8 Å². The molecule has 1 unspecified atom stereocenters. The molecule has 1 amide bonds. The first kappa shape index (κ1) is 23.3. The Kier molecular flexibility index (Phi) is 7.82. The van der Waals surface area contributed by atoms with E-state index in [2.05, 4.69) is 24.5 Å². The lowest BCUT2D eigenvalue weighted by molar-refractivity contribution is -0.115. The van der Waals surface area contributed by atoms with Gasteiger partial charge in [-0.05, 0) is 48.2 Å². The average Bonchev–Trinajstić information content (AvgIpc) is 2.64. The largest absolute Gasteiger partial charge is 0.325 e. The Labute approximate surface area is 178 Å².